The Morgan fingerprint density at radius 1 is 0.250 bits per heavy atom. The van der Waals surface area contributed by atoms with Gasteiger partial charge in [0.2, 0.25) is 0 Å². The van der Waals surface area contributed by atoms with Crippen LogP contribution in [0.15, 0.2) is 0 Å². The molecule has 4 heavy (non-hydrogen) atoms. The molecule has 0 saturated heterocycles. The molecule has 0 aliphatic rings. The van der Waals surface area contributed by atoms with E-state index >= 15 is 0 Å². The van der Waals surface area contributed by atoms with E-state index in [1.165, 1.54) is 0 Å². The lowest BCUT2D eigenvalue weighted by Gasteiger charge is -0.00100. The van der Waals surface area contributed by atoms with E-state index in [0.29, 0.717) is 0 Å². The van der Waals surface area contributed by atoms with Gasteiger partial charge < -0.3 is 0 Å². The van der Waals surface area contributed by atoms with Crippen molar-refractivity contribution in [3.8, 4) is 0 Å². The second-order valence-corrected chi connectivity index (χ2v) is 0. The van der Waals surface area contributed by atoms with Gasteiger partial charge >= 0.3 is 0 Å². The first-order valence-electron chi connectivity index (χ1n) is 0. The minimum Gasteiger partial charge on any atom is 0 e. The molecule has 0 aromatic heterocycles. The zero-order chi connectivity index (χ0) is 0. The smallest absolute Gasteiger partial charge is 0 e. The van der Waals surface area contributed by atoms with Crippen LogP contribution in [-0.2, 0) is 0 Å². The molecule has 0 atom stereocenters. The molecule has 0 rings (SSSR count). The van der Waals surface area contributed by atoms with Crippen LogP contribution in [-0.4, -0.2) is 0 Å². The van der Waals surface area contributed by atoms with Gasteiger partial charge in [-0.05, 0) is 0 Å². The zero-order valence-corrected chi connectivity index (χ0v) is 4.90. The van der Waals surface area contributed by atoms with E-state index in [0.717, 1.165) is 0 Å². The Hall–Kier alpha value is 1.40. The topological polar surface area (TPSA) is 0 Å². The van der Waals surface area contributed by atoms with Crippen LogP contribution in [0.5, 0.6) is 0 Å². The van der Waals surface area contributed by atoms with Crippen LogP contribution in [0.3, 0.4) is 0 Å². The van der Waals surface area contributed by atoms with Crippen LogP contribution in [0.2, 0.25) is 0 Å². The molecule has 4 heteroatoms. The third-order valence-electron chi connectivity index (χ3n) is 0. The van der Waals surface area contributed by atoms with E-state index in [4.69, 9.17) is 0 Å². The van der Waals surface area contributed by atoms with Gasteiger partial charge in [-0.2, -0.15) is 0 Å². The number of rotatable bonds is 0. The fraction of sp³-hybridized carbons (Fsp3) is 0. The molecule has 0 bridgehead atoms. The summed E-state index contributed by atoms with van der Waals surface area (Å²) in [6.45, 7) is 0. The maximum absolute atomic E-state index is 0. The van der Waals surface area contributed by atoms with Gasteiger partial charge in [-0.3, -0.25) is 0 Å². The molecule has 0 aromatic rings. The molecule has 0 aromatic carbocycles. The van der Waals surface area contributed by atoms with Crippen molar-refractivity contribution in [2.75, 3.05) is 0 Å². The summed E-state index contributed by atoms with van der Waals surface area (Å²) >= 11 is 0. The van der Waals surface area contributed by atoms with Crippen molar-refractivity contribution in [1.82, 2.24) is 0 Å². The van der Waals surface area contributed by atoms with Crippen LogP contribution in [0.25, 0.3) is 0 Å². The molecule has 24 valence electrons. The highest BCUT2D eigenvalue weighted by atomic mass is 32.1. The molecule has 0 heterocycles. The van der Waals surface area contributed by atoms with Gasteiger partial charge in [0.05, 0.1) is 0 Å². The zero-order valence-electron chi connectivity index (χ0n) is 1.63. The maximum Gasteiger partial charge on any atom is 0 e. The summed E-state index contributed by atoms with van der Waals surface area (Å²) in [4.78, 5) is 0. The van der Waals surface area contributed by atoms with E-state index in [1.54, 1.807) is 0 Å². The Bertz CT molecular complexity index is 0. The van der Waals surface area contributed by atoms with Crippen molar-refractivity contribution in [3.05, 3.63) is 0 Å². The lowest BCUT2D eigenvalue weighted by molar-refractivity contribution is 7.59. The van der Waals surface area contributed by atoms with Gasteiger partial charge in [-0.15, -0.1) is 0 Å². The second kappa shape index (κ2) is 26.0. The average molecular weight is 128 g/mol. The monoisotopic (exact) mass is 128 g/mol. The summed E-state index contributed by atoms with van der Waals surface area (Å²) in [6.07, 6.45) is 0. The first-order valence-corrected chi connectivity index (χ1v) is 0. The molecule has 0 N–H and O–H groups in total. The van der Waals surface area contributed by atoms with Crippen molar-refractivity contribution >= 4 is 54.0 Å². The van der Waals surface area contributed by atoms with Crippen LogP contribution in [0, 0.1) is 0 Å². The van der Waals surface area contributed by atoms with Crippen molar-refractivity contribution in [3.63, 3.8) is 0 Å². The first-order chi connectivity index (χ1) is 0. The standard InChI is InChI=1S/4S. The molecule has 0 spiro atoms. The Kier molecular flexibility index (Phi) is 346. The van der Waals surface area contributed by atoms with Crippen LogP contribution in [0.1, 0.15) is 0 Å². The summed E-state index contributed by atoms with van der Waals surface area (Å²) in [7, 11) is 0. The molecule has 8 radical (unpaired) electrons. The minimum atomic E-state index is 0. The van der Waals surface area contributed by atoms with E-state index in [-0.39, 0.29) is 54.0 Å². The van der Waals surface area contributed by atoms with Crippen molar-refractivity contribution in [2.24, 2.45) is 0 Å². The third kappa shape index (κ3) is 9.99. The Morgan fingerprint density at radius 3 is 0.250 bits per heavy atom. The Balaban J connectivity index is 0. The van der Waals surface area contributed by atoms with E-state index < -0.39 is 0 Å². The normalized spacial score (nSPS) is 0. The van der Waals surface area contributed by atoms with Gasteiger partial charge in [0.25, 0.3) is 0 Å². The summed E-state index contributed by atoms with van der Waals surface area (Å²) < 4.78 is 0. The minimum absolute atomic E-state index is 0. The molecule has 0 nitrogen and oxygen atoms in total. The average Bonchev–Trinajstić information content (AvgIpc) is 0. The SMILES string of the molecule is [S].[S].[S].[S]. The lowest BCUT2D eigenvalue weighted by Crippen LogP contribution is 0.647. The lowest BCUT2D eigenvalue weighted by atomic mass is 32.1. The highest BCUT2D eigenvalue weighted by Gasteiger charge is 0.00300. The largest absolute Gasteiger partial charge is 0 e. The fourth-order valence-electron chi connectivity index (χ4n) is 0. The molecule has 0 amide bonds. The van der Waals surface area contributed by atoms with Crippen molar-refractivity contribution in [2.45, 2.75) is 0 Å². The molecule has 0 aliphatic heterocycles. The molecular weight excluding hydrogens is 128 g/mol. The Labute approximate surface area is 54.1 Å². The van der Waals surface area contributed by atoms with Crippen LogP contribution >= 0.6 is 54.0 Å². The number of hydrogen-bond donors (Lipinski definition) is 0. The van der Waals surface area contributed by atoms with E-state index in [1.807, 2.05) is 0 Å². The van der Waals surface area contributed by atoms with E-state index in [9.17, 15) is 0 Å². The summed E-state index contributed by atoms with van der Waals surface area (Å²) in [5.41, 5.74) is 0. The van der Waals surface area contributed by atoms with Gasteiger partial charge in [0.15, 0.2) is 0 Å². The fourth-order valence-corrected chi connectivity index (χ4v) is 0. The summed E-state index contributed by atoms with van der Waals surface area (Å²) in [5, 5.41) is 0. The quantitative estimate of drug-likeness (QED) is 0.470. The molecule has 0 saturated carbocycles. The van der Waals surface area contributed by atoms with Gasteiger partial charge in [-0.1, -0.05) is 0 Å². The summed E-state index contributed by atoms with van der Waals surface area (Å²) in [5.74, 6) is 0. The van der Waals surface area contributed by atoms with Crippen molar-refractivity contribution in [1.29, 1.82) is 0 Å². The molecule has 0 unspecified atom stereocenters. The first kappa shape index (κ1) is 53.3. The maximum atomic E-state index is 0. The van der Waals surface area contributed by atoms with Gasteiger partial charge in [0.1, 0.15) is 0 Å². The third-order valence-corrected chi connectivity index (χ3v) is 0. The second-order valence-electron chi connectivity index (χ2n) is 0. The molecule has 0 aliphatic carbocycles. The predicted molar refractivity (Wildman–Crippen MR) is 30.4 cm³/mol. The highest BCUT2D eigenvalue weighted by molar-refractivity contribution is 7.59. The van der Waals surface area contributed by atoms with Crippen LogP contribution in [0.4, 0.5) is 0 Å². The summed E-state index contributed by atoms with van der Waals surface area (Å²) in [6, 6.07) is 0. The van der Waals surface area contributed by atoms with Crippen molar-refractivity contribution < 1.29 is 0 Å². The Morgan fingerprint density at radius 2 is 0.250 bits per heavy atom. The number of hydrogen-bond acceptors (Lipinski definition) is 0. The van der Waals surface area contributed by atoms with Crippen LogP contribution < -0.4 is 0 Å². The van der Waals surface area contributed by atoms with Gasteiger partial charge in [0, 0.05) is 54.0 Å². The predicted octanol–water partition coefficient (Wildman–Crippen LogP) is 2.59. The molecule has 0 fully saturated rings. The van der Waals surface area contributed by atoms with E-state index in [2.05, 4.69) is 0 Å². The molecular formula is S4. The highest BCUT2D eigenvalue weighted by Crippen LogP contribution is 0.651. The van der Waals surface area contributed by atoms with Gasteiger partial charge in [-0.25, -0.2) is 0 Å².